The minimum Gasteiger partial charge on any atom is -0.482 e. The molecule has 0 fully saturated rings. The fraction of sp³-hybridized carbons (Fsp3) is 0.280. The fourth-order valence-corrected chi connectivity index (χ4v) is 5.53. The van der Waals surface area contributed by atoms with Crippen LogP contribution in [0.2, 0.25) is 0 Å². The molecule has 0 bridgehead atoms. The van der Waals surface area contributed by atoms with Crippen molar-refractivity contribution in [2.45, 2.75) is 26.8 Å². The first-order chi connectivity index (χ1) is 16.9. The largest absolute Gasteiger partial charge is 0.482 e. The van der Waals surface area contributed by atoms with Crippen molar-refractivity contribution in [3.8, 4) is 5.75 Å². The zero-order valence-corrected chi connectivity index (χ0v) is 21.1. The zero-order chi connectivity index (χ0) is 24.9. The average molecular weight is 513 g/mol. The van der Waals surface area contributed by atoms with Crippen LogP contribution in [-0.2, 0) is 19.1 Å². The van der Waals surface area contributed by atoms with Gasteiger partial charge in [0.2, 0.25) is 0 Å². The van der Waals surface area contributed by atoms with E-state index in [-0.39, 0.29) is 18.8 Å². The van der Waals surface area contributed by atoms with E-state index in [1.165, 1.54) is 22.7 Å². The summed E-state index contributed by atoms with van der Waals surface area (Å²) in [5.74, 6) is -0.389. The van der Waals surface area contributed by atoms with Crippen molar-refractivity contribution in [1.29, 1.82) is 0 Å². The molecule has 1 aliphatic rings. The molecule has 8 nitrogen and oxygen atoms in total. The highest BCUT2D eigenvalue weighted by atomic mass is 32.1. The second kappa shape index (κ2) is 10.8. The van der Waals surface area contributed by atoms with Gasteiger partial charge >= 0.3 is 11.9 Å². The molecule has 0 radical (unpaired) electrons. The molecule has 0 saturated heterocycles. The molecule has 0 saturated carbocycles. The molecular weight excluding hydrogens is 488 g/mol. The van der Waals surface area contributed by atoms with Crippen LogP contribution in [0, 0.1) is 0 Å². The predicted molar refractivity (Wildman–Crippen MR) is 133 cm³/mol. The Balaban J connectivity index is 1.70. The van der Waals surface area contributed by atoms with Crippen LogP contribution in [0.1, 0.15) is 37.3 Å². The van der Waals surface area contributed by atoms with E-state index in [2.05, 4.69) is 4.99 Å². The number of ether oxygens (including phenoxy) is 3. The lowest BCUT2D eigenvalue weighted by Crippen LogP contribution is -2.39. The molecule has 3 heterocycles. The molecule has 10 heteroatoms. The molecule has 0 unspecified atom stereocenters. The normalized spacial score (nSPS) is 15.4. The Hall–Kier alpha value is -3.50. The van der Waals surface area contributed by atoms with Gasteiger partial charge < -0.3 is 14.2 Å². The monoisotopic (exact) mass is 512 g/mol. The van der Waals surface area contributed by atoms with Crippen molar-refractivity contribution < 1.29 is 23.8 Å². The molecule has 0 spiro atoms. The van der Waals surface area contributed by atoms with Gasteiger partial charge in [-0.05, 0) is 56.0 Å². The lowest BCUT2D eigenvalue weighted by Gasteiger charge is -2.23. The number of nitrogens with zero attached hydrogens (tertiary/aromatic N) is 2. The van der Waals surface area contributed by atoms with Gasteiger partial charge in [-0.25, -0.2) is 14.6 Å². The first kappa shape index (κ1) is 24.6. The summed E-state index contributed by atoms with van der Waals surface area (Å²) < 4.78 is 17.6. The number of carbonyl (C=O) groups excluding carboxylic acids is 2. The van der Waals surface area contributed by atoms with Gasteiger partial charge in [0, 0.05) is 4.88 Å². The fourth-order valence-electron chi connectivity index (χ4n) is 3.66. The molecule has 1 atom stereocenters. The number of esters is 2. The number of hydrogen-bond acceptors (Lipinski definition) is 9. The van der Waals surface area contributed by atoms with Crippen molar-refractivity contribution in [3.05, 3.63) is 83.2 Å². The van der Waals surface area contributed by atoms with E-state index in [9.17, 15) is 14.4 Å². The van der Waals surface area contributed by atoms with Crippen LogP contribution in [0.25, 0.3) is 6.08 Å². The predicted octanol–water partition coefficient (Wildman–Crippen LogP) is 2.80. The molecule has 0 N–H and O–H groups in total. The topological polar surface area (TPSA) is 96.2 Å². The van der Waals surface area contributed by atoms with Crippen molar-refractivity contribution >= 4 is 40.7 Å². The Morgan fingerprint density at radius 3 is 2.51 bits per heavy atom. The second-order valence-corrected chi connectivity index (χ2v) is 9.47. The number of aromatic nitrogens is 1. The summed E-state index contributed by atoms with van der Waals surface area (Å²) in [6.45, 7) is 5.60. The maximum Gasteiger partial charge on any atom is 0.344 e. The molecule has 0 amide bonds. The van der Waals surface area contributed by atoms with Gasteiger partial charge in [0.1, 0.15) is 11.8 Å². The van der Waals surface area contributed by atoms with Gasteiger partial charge in [-0.3, -0.25) is 9.36 Å². The molecule has 0 aliphatic carbocycles. The minimum absolute atomic E-state index is 0.170. The van der Waals surface area contributed by atoms with Gasteiger partial charge in [0.05, 0.1) is 29.0 Å². The molecule has 182 valence electrons. The van der Waals surface area contributed by atoms with Crippen LogP contribution in [-0.4, -0.2) is 36.3 Å². The average Bonchev–Trinajstić information content (AvgIpc) is 3.47. The first-order valence-electron chi connectivity index (χ1n) is 11.0. The number of fused-ring (bicyclic) bond motifs is 1. The summed E-state index contributed by atoms with van der Waals surface area (Å²) in [4.78, 5) is 43.7. The lowest BCUT2D eigenvalue weighted by atomic mass is 10.0. The number of allylic oxidation sites excluding steroid dienone is 1. The van der Waals surface area contributed by atoms with Crippen LogP contribution < -0.4 is 19.6 Å². The van der Waals surface area contributed by atoms with E-state index in [1.54, 1.807) is 55.7 Å². The van der Waals surface area contributed by atoms with Gasteiger partial charge in [0.25, 0.3) is 5.56 Å². The third-order valence-electron chi connectivity index (χ3n) is 5.17. The Morgan fingerprint density at radius 2 is 1.86 bits per heavy atom. The number of thiophene rings is 1. The van der Waals surface area contributed by atoms with Crippen LogP contribution >= 0.6 is 22.7 Å². The van der Waals surface area contributed by atoms with Gasteiger partial charge in [0.15, 0.2) is 11.4 Å². The van der Waals surface area contributed by atoms with Crippen molar-refractivity contribution in [1.82, 2.24) is 4.57 Å². The van der Waals surface area contributed by atoms with Gasteiger partial charge in [-0.15, -0.1) is 11.3 Å². The number of carbonyl (C=O) groups is 2. The zero-order valence-electron chi connectivity index (χ0n) is 19.5. The molecular formula is C25H24N2O6S2. The van der Waals surface area contributed by atoms with Crippen molar-refractivity contribution in [2.24, 2.45) is 4.99 Å². The van der Waals surface area contributed by atoms with Crippen molar-refractivity contribution in [3.63, 3.8) is 0 Å². The van der Waals surface area contributed by atoms with Gasteiger partial charge in [-0.2, -0.15) is 0 Å². The smallest absolute Gasteiger partial charge is 0.344 e. The van der Waals surface area contributed by atoms with Gasteiger partial charge in [-0.1, -0.05) is 29.5 Å². The molecule has 3 aromatic rings. The summed E-state index contributed by atoms with van der Waals surface area (Å²) in [5, 5.41) is 1.91. The SMILES string of the molecule is CCOC(=O)COc1ccc(/C=c2\sc3n(c2=O)[C@H](c2cccs2)C(C(=O)OCC)=C(C)N=3)cc1. The first-order valence-corrected chi connectivity index (χ1v) is 12.7. The summed E-state index contributed by atoms with van der Waals surface area (Å²) in [7, 11) is 0. The van der Waals surface area contributed by atoms with E-state index < -0.39 is 18.0 Å². The Kier molecular flexibility index (Phi) is 7.62. The van der Waals surface area contributed by atoms with E-state index in [1.807, 2.05) is 17.5 Å². The Morgan fingerprint density at radius 1 is 1.11 bits per heavy atom. The maximum absolute atomic E-state index is 13.5. The number of benzene rings is 1. The van der Waals surface area contributed by atoms with Crippen LogP contribution in [0.5, 0.6) is 5.75 Å². The second-order valence-electron chi connectivity index (χ2n) is 7.48. The highest BCUT2D eigenvalue weighted by Gasteiger charge is 2.33. The minimum atomic E-state index is -0.592. The molecule has 4 rings (SSSR count). The lowest BCUT2D eigenvalue weighted by molar-refractivity contribution is -0.145. The highest BCUT2D eigenvalue weighted by Crippen LogP contribution is 2.33. The number of hydrogen-bond donors (Lipinski definition) is 0. The molecule has 2 aromatic heterocycles. The molecule has 1 aromatic carbocycles. The standard InChI is InChI=1S/C25H24N2O6S2/c1-4-31-20(28)14-33-17-10-8-16(9-11-17)13-19-23(29)27-22(18-7-6-12-34-18)21(24(30)32-5-2)15(3)26-25(27)35-19/h6-13,22H,4-5,14H2,1-3H3/b19-13-/t22-/m1/s1. The van der Waals surface area contributed by atoms with Crippen LogP contribution in [0.4, 0.5) is 0 Å². The summed E-state index contributed by atoms with van der Waals surface area (Å²) >= 11 is 2.74. The van der Waals surface area contributed by atoms with E-state index in [4.69, 9.17) is 14.2 Å². The third-order valence-corrected chi connectivity index (χ3v) is 7.08. The Bertz CT molecular complexity index is 1430. The molecule has 1 aliphatic heterocycles. The van der Waals surface area contributed by atoms with E-state index in [0.717, 1.165) is 10.4 Å². The molecule has 35 heavy (non-hydrogen) atoms. The maximum atomic E-state index is 13.5. The number of rotatable bonds is 8. The summed E-state index contributed by atoms with van der Waals surface area (Å²) in [6, 6.07) is 10.2. The van der Waals surface area contributed by atoms with E-state index >= 15 is 0 Å². The Labute approximate surface area is 209 Å². The van der Waals surface area contributed by atoms with E-state index in [0.29, 0.717) is 33.0 Å². The van der Waals surface area contributed by atoms with Crippen LogP contribution in [0.15, 0.2) is 62.8 Å². The number of thiazole rings is 1. The third kappa shape index (κ3) is 5.28. The quantitative estimate of drug-likeness (QED) is 0.431. The van der Waals surface area contributed by atoms with Crippen LogP contribution in [0.3, 0.4) is 0 Å². The van der Waals surface area contributed by atoms with Crippen molar-refractivity contribution in [2.75, 3.05) is 19.8 Å². The summed E-state index contributed by atoms with van der Waals surface area (Å²) in [5.41, 5.74) is 1.46. The highest BCUT2D eigenvalue weighted by molar-refractivity contribution is 7.10. The summed E-state index contributed by atoms with van der Waals surface area (Å²) in [6.07, 6.45) is 1.77.